The lowest BCUT2D eigenvalue weighted by Gasteiger charge is -2.17. The summed E-state index contributed by atoms with van der Waals surface area (Å²) in [5.41, 5.74) is 0.940. The maximum atomic E-state index is 11.9. The van der Waals surface area contributed by atoms with E-state index in [1.54, 1.807) is 12.4 Å². The highest BCUT2D eigenvalue weighted by Crippen LogP contribution is 2.14. The molecule has 1 aromatic heterocycles. The van der Waals surface area contributed by atoms with E-state index < -0.39 is 13.0 Å². The van der Waals surface area contributed by atoms with Gasteiger partial charge in [-0.2, -0.15) is 0 Å². The van der Waals surface area contributed by atoms with Gasteiger partial charge in [0.1, 0.15) is 12.9 Å². The van der Waals surface area contributed by atoms with E-state index in [0.717, 1.165) is 12.1 Å². The Balaban J connectivity index is 2.39. The van der Waals surface area contributed by atoms with Gasteiger partial charge in [-0.3, -0.25) is 0 Å². The second-order valence-electron chi connectivity index (χ2n) is 3.54. The molecule has 0 aliphatic carbocycles. The lowest BCUT2D eigenvalue weighted by molar-refractivity contribution is 0.0144. The summed E-state index contributed by atoms with van der Waals surface area (Å²) in [5, 5.41) is 3.24. The fourth-order valence-electron chi connectivity index (χ4n) is 1.50. The number of ether oxygens (including phenoxy) is 1. The molecule has 0 aliphatic rings. The Bertz CT molecular complexity index is 298. The normalized spacial score (nSPS) is 12.9. The van der Waals surface area contributed by atoms with Crippen molar-refractivity contribution in [2.45, 2.75) is 25.8 Å². The predicted octanol–water partition coefficient (Wildman–Crippen LogP) is 1.80. The highest BCUT2D eigenvalue weighted by molar-refractivity contribution is 5.08. The second-order valence-corrected chi connectivity index (χ2v) is 3.54. The van der Waals surface area contributed by atoms with Gasteiger partial charge < -0.3 is 10.1 Å². The molecule has 96 valence electrons. The van der Waals surface area contributed by atoms with Crippen molar-refractivity contribution in [2.24, 2.45) is 0 Å². The van der Waals surface area contributed by atoms with Gasteiger partial charge in [-0.05, 0) is 13.0 Å². The molecule has 4 nitrogen and oxygen atoms in total. The third-order valence-corrected chi connectivity index (χ3v) is 2.23. The Morgan fingerprint density at radius 1 is 1.35 bits per heavy atom. The second kappa shape index (κ2) is 8.03. The van der Waals surface area contributed by atoms with Crippen LogP contribution < -0.4 is 5.32 Å². The Morgan fingerprint density at radius 2 is 2.06 bits per heavy atom. The lowest BCUT2D eigenvalue weighted by Crippen LogP contribution is -2.23. The first kappa shape index (κ1) is 13.9. The van der Waals surface area contributed by atoms with E-state index in [1.807, 2.05) is 6.92 Å². The van der Waals surface area contributed by atoms with Crippen LogP contribution in [0.15, 0.2) is 18.7 Å². The zero-order valence-electron chi connectivity index (χ0n) is 9.77. The van der Waals surface area contributed by atoms with Gasteiger partial charge in [-0.1, -0.05) is 6.92 Å². The van der Waals surface area contributed by atoms with Gasteiger partial charge in [0.05, 0.1) is 0 Å². The van der Waals surface area contributed by atoms with Crippen LogP contribution >= 0.6 is 0 Å². The summed E-state index contributed by atoms with van der Waals surface area (Å²) >= 11 is 0. The summed E-state index contributed by atoms with van der Waals surface area (Å²) in [4.78, 5) is 7.86. The number of hydrogen-bond acceptors (Lipinski definition) is 4. The lowest BCUT2D eigenvalue weighted by atomic mass is 10.1. The molecular formula is C11H17F2N3O. The Labute approximate surface area is 99.4 Å². The van der Waals surface area contributed by atoms with E-state index in [4.69, 9.17) is 4.74 Å². The van der Waals surface area contributed by atoms with Crippen LogP contribution in [-0.2, 0) is 4.74 Å². The molecule has 0 amide bonds. The first-order valence-electron chi connectivity index (χ1n) is 5.58. The summed E-state index contributed by atoms with van der Waals surface area (Å²) in [7, 11) is 0. The monoisotopic (exact) mass is 245 g/mol. The van der Waals surface area contributed by atoms with Gasteiger partial charge in [-0.25, -0.2) is 18.7 Å². The number of hydrogen-bond donors (Lipinski definition) is 1. The average molecular weight is 245 g/mol. The number of aromatic nitrogens is 2. The topological polar surface area (TPSA) is 47.0 Å². The van der Waals surface area contributed by atoms with Crippen molar-refractivity contribution >= 4 is 0 Å². The van der Waals surface area contributed by atoms with E-state index in [1.165, 1.54) is 6.33 Å². The van der Waals surface area contributed by atoms with Gasteiger partial charge in [0, 0.05) is 30.6 Å². The van der Waals surface area contributed by atoms with Gasteiger partial charge >= 0.3 is 0 Å². The molecule has 1 aromatic rings. The first-order valence-corrected chi connectivity index (χ1v) is 5.58. The largest absolute Gasteiger partial charge is 0.375 e. The SMILES string of the molecule is CCNC(CCOCC(F)F)c1cncnc1. The highest BCUT2D eigenvalue weighted by atomic mass is 19.3. The zero-order chi connectivity index (χ0) is 12.5. The van der Waals surface area contributed by atoms with Crippen LogP contribution in [-0.4, -0.2) is 36.2 Å². The van der Waals surface area contributed by atoms with Crippen molar-refractivity contribution in [1.82, 2.24) is 15.3 Å². The van der Waals surface area contributed by atoms with E-state index >= 15 is 0 Å². The maximum absolute atomic E-state index is 11.9. The van der Waals surface area contributed by atoms with Crippen LogP contribution in [0, 0.1) is 0 Å². The molecule has 1 heterocycles. The van der Waals surface area contributed by atoms with Crippen LogP contribution in [0.25, 0.3) is 0 Å². The van der Waals surface area contributed by atoms with Crippen LogP contribution in [0.2, 0.25) is 0 Å². The Morgan fingerprint density at radius 3 is 2.65 bits per heavy atom. The van der Waals surface area contributed by atoms with E-state index in [-0.39, 0.29) is 12.6 Å². The van der Waals surface area contributed by atoms with Crippen LogP contribution in [0.3, 0.4) is 0 Å². The number of halogens is 2. The minimum Gasteiger partial charge on any atom is -0.375 e. The average Bonchev–Trinajstić information content (AvgIpc) is 2.34. The van der Waals surface area contributed by atoms with E-state index in [9.17, 15) is 8.78 Å². The standard InChI is InChI=1S/C11H17F2N3O/c1-2-16-10(3-4-17-7-11(12)13)9-5-14-8-15-6-9/h5-6,8,10-11,16H,2-4,7H2,1H3. The molecule has 17 heavy (non-hydrogen) atoms. The van der Waals surface area contributed by atoms with E-state index in [0.29, 0.717) is 6.42 Å². The first-order chi connectivity index (χ1) is 8.24. The molecule has 1 N–H and O–H groups in total. The predicted molar refractivity (Wildman–Crippen MR) is 59.9 cm³/mol. The molecule has 1 atom stereocenters. The van der Waals surface area contributed by atoms with Crippen molar-refractivity contribution in [3.05, 3.63) is 24.3 Å². The van der Waals surface area contributed by atoms with Crippen LogP contribution in [0.5, 0.6) is 0 Å². The summed E-state index contributed by atoms with van der Waals surface area (Å²) in [5.74, 6) is 0. The fourth-order valence-corrected chi connectivity index (χ4v) is 1.50. The zero-order valence-corrected chi connectivity index (χ0v) is 9.77. The molecule has 0 saturated heterocycles. The molecular weight excluding hydrogens is 228 g/mol. The molecule has 0 saturated carbocycles. The molecule has 1 rings (SSSR count). The quantitative estimate of drug-likeness (QED) is 0.709. The summed E-state index contributed by atoms with van der Waals surface area (Å²) < 4.78 is 28.6. The van der Waals surface area contributed by atoms with Gasteiger partial charge in [-0.15, -0.1) is 0 Å². The number of nitrogens with one attached hydrogen (secondary N) is 1. The molecule has 0 fully saturated rings. The minimum atomic E-state index is -2.41. The van der Waals surface area contributed by atoms with Crippen molar-refractivity contribution in [3.8, 4) is 0 Å². The third kappa shape index (κ3) is 5.65. The van der Waals surface area contributed by atoms with Crippen LogP contribution in [0.4, 0.5) is 8.78 Å². The molecule has 1 unspecified atom stereocenters. The van der Waals surface area contributed by atoms with Crippen LogP contribution in [0.1, 0.15) is 24.9 Å². The number of rotatable bonds is 8. The fraction of sp³-hybridized carbons (Fsp3) is 0.636. The van der Waals surface area contributed by atoms with Gasteiger partial charge in [0.15, 0.2) is 0 Å². The summed E-state index contributed by atoms with van der Waals surface area (Å²) in [6, 6.07) is 0.0406. The van der Waals surface area contributed by atoms with Gasteiger partial charge in [0.25, 0.3) is 6.43 Å². The summed E-state index contributed by atoms with van der Waals surface area (Å²) in [6.07, 6.45) is 3.10. The highest BCUT2D eigenvalue weighted by Gasteiger charge is 2.11. The molecule has 0 aromatic carbocycles. The Kier molecular flexibility index (Phi) is 6.57. The van der Waals surface area contributed by atoms with Crippen molar-refractivity contribution < 1.29 is 13.5 Å². The molecule has 0 spiro atoms. The molecule has 0 aliphatic heterocycles. The smallest absolute Gasteiger partial charge is 0.261 e. The van der Waals surface area contributed by atoms with E-state index in [2.05, 4.69) is 15.3 Å². The molecule has 6 heteroatoms. The minimum absolute atomic E-state index is 0.0406. The molecule has 0 radical (unpaired) electrons. The van der Waals surface area contributed by atoms with Gasteiger partial charge in [0.2, 0.25) is 0 Å². The van der Waals surface area contributed by atoms with Crippen molar-refractivity contribution in [1.29, 1.82) is 0 Å². The summed E-state index contributed by atoms with van der Waals surface area (Å²) in [6.45, 7) is 2.55. The number of alkyl halides is 2. The number of nitrogens with zero attached hydrogens (tertiary/aromatic N) is 2. The van der Waals surface area contributed by atoms with Crippen molar-refractivity contribution in [2.75, 3.05) is 19.8 Å². The maximum Gasteiger partial charge on any atom is 0.261 e. The molecule has 0 bridgehead atoms. The third-order valence-electron chi connectivity index (χ3n) is 2.23. The van der Waals surface area contributed by atoms with Crippen molar-refractivity contribution in [3.63, 3.8) is 0 Å². The Hall–Kier alpha value is -1.14.